The summed E-state index contributed by atoms with van der Waals surface area (Å²) in [6.07, 6.45) is 4.01. The number of tetrazole rings is 1. The van der Waals surface area contributed by atoms with Crippen LogP contribution in [0.25, 0.3) is 5.82 Å². The van der Waals surface area contributed by atoms with Gasteiger partial charge in [-0.3, -0.25) is 0 Å². The number of ether oxygens (including phenoxy) is 1. The third-order valence-electron chi connectivity index (χ3n) is 4.22. The average molecular weight is 450 g/mol. The molecule has 0 saturated carbocycles. The number of rotatable bonds is 6. The molecule has 0 bridgehead atoms. The van der Waals surface area contributed by atoms with Crippen molar-refractivity contribution >= 4 is 17.9 Å². The van der Waals surface area contributed by atoms with Gasteiger partial charge in [0.25, 0.3) is 0 Å². The molecule has 33 heavy (non-hydrogen) atoms. The van der Waals surface area contributed by atoms with Crippen molar-refractivity contribution in [2.75, 3.05) is 5.01 Å². The Kier molecular flexibility index (Phi) is 5.75. The number of hydrogen-bond donors (Lipinski definition) is 3. The van der Waals surface area contributed by atoms with E-state index in [0.717, 1.165) is 11.1 Å². The van der Waals surface area contributed by atoms with Crippen LogP contribution in [0.15, 0.2) is 66.2 Å². The third kappa shape index (κ3) is 4.82. The van der Waals surface area contributed by atoms with Crippen LogP contribution in [0, 0.1) is 5.82 Å². The molecule has 2 heterocycles. The van der Waals surface area contributed by atoms with Crippen LogP contribution in [0.5, 0.6) is 23.0 Å². The minimum Gasteiger partial charge on any atom is -0.504 e. The number of halogens is 1. The van der Waals surface area contributed by atoms with Gasteiger partial charge in [-0.25, -0.2) is 14.2 Å². The van der Waals surface area contributed by atoms with E-state index in [9.17, 15) is 19.4 Å². The van der Waals surface area contributed by atoms with Crippen molar-refractivity contribution in [2.24, 2.45) is 10.8 Å². The number of primary amides is 1. The number of phenolic OH excluding ortho intramolecular Hbond substituents is 2. The number of carbonyl (C=O) groups excluding carboxylic acids is 1. The van der Waals surface area contributed by atoms with Gasteiger partial charge in [-0.15, -0.1) is 5.10 Å². The number of anilines is 1. The monoisotopic (exact) mass is 450 g/mol. The molecule has 4 rings (SSSR count). The first-order chi connectivity index (χ1) is 15.9. The smallest absolute Gasteiger partial charge is 0.340 e. The SMILES string of the molecule is NC(=O)N(/N=C/c1ccc(O)c(O)c1)c1ccc(Oc2ccnc(-n3cnnn3)c2)c(F)c1. The Morgan fingerprint density at radius 2 is 2.00 bits per heavy atom. The molecule has 4 aromatic rings. The molecule has 0 radical (unpaired) electrons. The molecule has 2 aromatic carbocycles. The molecular weight excluding hydrogens is 435 g/mol. The zero-order valence-corrected chi connectivity index (χ0v) is 16.6. The van der Waals surface area contributed by atoms with Crippen LogP contribution in [0.4, 0.5) is 14.9 Å². The first-order valence-electron chi connectivity index (χ1n) is 9.23. The fourth-order valence-electron chi connectivity index (χ4n) is 2.68. The standard InChI is InChI=1S/C20H15FN8O4/c21-15-8-13(29(20(22)32)25-10-12-1-3-16(30)17(31)7-12)2-4-18(15)33-14-5-6-23-19(9-14)28-11-24-26-27-28/h1-11,30-31H,(H2,22,32)/b25-10+. The summed E-state index contributed by atoms with van der Waals surface area (Å²) < 4.78 is 21.6. The number of nitrogens with zero attached hydrogens (tertiary/aromatic N) is 7. The Hall–Kier alpha value is -5.07. The second-order valence-corrected chi connectivity index (χ2v) is 6.46. The van der Waals surface area contributed by atoms with E-state index in [4.69, 9.17) is 10.5 Å². The molecule has 0 unspecified atom stereocenters. The lowest BCUT2D eigenvalue weighted by Crippen LogP contribution is -2.31. The molecule has 0 aliphatic heterocycles. The minimum absolute atomic E-state index is 0.0377. The number of carbonyl (C=O) groups is 1. The van der Waals surface area contributed by atoms with E-state index in [0.29, 0.717) is 11.4 Å². The first kappa shape index (κ1) is 21.2. The molecule has 0 spiro atoms. The highest BCUT2D eigenvalue weighted by Gasteiger charge is 2.15. The van der Waals surface area contributed by atoms with Gasteiger partial charge in [0.05, 0.1) is 11.9 Å². The summed E-state index contributed by atoms with van der Waals surface area (Å²) in [7, 11) is 0. The number of benzene rings is 2. The number of hydrazone groups is 1. The second-order valence-electron chi connectivity index (χ2n) is 6.46. The Morgan fingerprint density at radius 3 is 2.70 bits per heavy atom. The van der Waals surface area contributed by atoms with Crippen molar-refractivity contribution in [2.45, 2.75) is 0 Å². The number of hydrogen-bond acceptors (Lipinski definition) is 9. The Balaban J connectivity index is 1.55. The molecule has 12 nitrogen and oxygen atoms in total. The summed E-state index contributed by atoms with van der Waals surface area (Å²) in [6.45, 7) is 0. The molecule has 0 aliphatic rings. The van der Waals surface area contributed by atoms with Crippen LogP contribution in [-0.2, 0) is 0 Å². The first-order valence-corrected chi connectivity index (χ1v) is 9.23. The highest BCUT2D eigenvalue weighted by atomic mass is 19.1. The quantitative estimate of drug-likeness (QED) is 0.229. The minimum atomic E-state index is -0.970. The van der Waals surface area contributed by atoms with Gasteiger partial charge in [-0.2, -0.15) is 14.8 Å². The van der Waals surface area contributed by atoms with Crippen molar-refractivity contribution in [3.05, 3.63) is 72.4 Å². The molecule has 0 saturated heterocycles. The lowest BCUT2D eigenvalue weighted by atomic mass is 10.2. The summed E-state index contributed by atoms with van der Waals surface area (Å²) in [4.78, 5) is 15.9. The predicted octanol–water partition coefficient (Wildman–Crippen LogP) is 2.32. The highest BCUT2D eigenvalue weighted by Crippen LogP contribution is 2.29. The molecule has 2 aromatic heterocycles. The molecule has 2 amide bonds. The molecular formula is C20H15FN8O4. The zero-order chi connectivity index (χ0) is 23.4. The van der Waals surface area contributed by atoms with Crippen LogP contribution in [0.3, 0.4) is 0 Å². The molecule has 13 heteroatoms. The average Bonchev–Trinajstić information content (AvgIpc) is 3.33. The van der Waals surface area contributed by atoms with Crippen LogP contribution in [0.1, 0.15) is 5.56 Å². The Labute approximate surface area is 185 Å². The summed E-state index contributed by atoms with van der Waals surface area (Å²) in [6, 6.07) is 9.71. The van der Waals surface area contributed by atoms with Crippen molar-refractivity contribution in [3.63, 3.8) is 0 Å². The summed E-state index contributed by atoms with van der Waals surface area (Å²) in [5.74, 6) is -0.933. The maximum Gasteiger partial charge on any atom is 0.340 e. The van der Waals surface area contributed by atoms with Crippen LogP contribution in [0.2, 0.25) is 0 Å². The van der Waals surface area contributed by atoms with Gasteiger partial charge in [0.1, 0.15) is 12.1 Å². The largest absolute Gasteiger partial charge is 0.504 e. The number of phenols is 2. The summed E-state index contributed by atoms with van der Waals surface area (Å²) >= 11 is 0. The number of amides is 2. The fourth-order valence-corrected chi connectivity index (χ4v) is 2.68. The van der Waals surface area contributed by atoms with Crippen molar-refractivity contribution in [3.8, 4) is 28.8 Å². The maximum absolute atomic E-state index is 14.7. The van der Waals surface area contributed by atoms with Crippen LogP contribution < -0.4 is 15.5 Å². The van der Waals surface area contributed by atoms with E-state index in [1.165, 1.54) is 65.9 Å². The number of pyridine rings is 1. The fraction of sp³-hybridized carbons (Fsp3) is 0. The second kappa shape index (κ2) is 8.97. The molecule has 0 aliphatic carbocycles. The number of urea groups is 1. The van der Waals surface area contributed by atoms with Gasteiger partial charge in [-0.05, 0) is 52.4 Å². The van der Waals surface area contributed by atoms with E-state index in [1.54, 1.807) is 0 Å². The van der Waals surface area contributed by atoms with E-state index < -0.39 is 11.8 Å². The van der Waals surface area contributed by atoms with Gasteiger partial charge in [0.15, 0.2) is 28.9 Å². The zero-order valence-electron chi connectivity index (χ0n) is 16.6. The molecule has 4 N–H and O–H groups in total. The third-order valence-corrected chi connectivity index (χ3v) is 4.22. The number of aromatic hydroxyl groups is 2. The van der Waals surface area contributed by atoms with E-state index >= 15 is 0 Å². The van der Waals surface area contributed by atoms with Gasteiger partial charge in [0, 0.05) is 18.3 Å². The maximum atomic E-state index is 14.7. The number of aromatic nitrogens is 5. The van der Waals surface area contributed by atoms with Crippen molar-refractivity contribution in [1.82, 2.24) is 25.2 Å². The van der Waals surface area contributed by atoms with Crippen LogP contribution in [-0.4, -0.2) is 47.7 Å². The Bertz CT molecular complexity index is 1330. The number of nitrogens with two attached hydrogens (primary N) is 1. The van der Waals surface area contributed by atoms with Crippen molar-refractivity contribution in [1.29, 1.82) is 0 Å². The Morgan fingerprint density at radius 1 is 1.15 bits per heavy atom. The lowest BCUT2D eigenvalue weighted by molar-refractivity contribution is 0.254. The molecule has 166 valence electrons. The van der Waals surface area contributed by atoms with Gasteiger partial charge >= 0.3 is 6.03 Å². The van der Waals surface area contributed by atoms with Gasteiger partial charge < -0.3 is 20.7 Å². The van der Waals surface area contributed by atoms with Gasteiger partial charge in [0.2, 0.25) is 0 Å². The van der Waals surface area contributed by atoms with Crippen LogP contribution >= 0.6 is 0 Å². The summed E-state index contributed by atoms with van der Waals surface area (Å²) in [5.41, 5.74) is 5.77. The van der Waals surface area contributed by atoms with Gasteiger partial charge in [-0.1, -0.05) is 0 Å². The predicted molar refractivity (Wildman–Crippen MR) is 113 cm³/mol. The van der Waals surface area contributed by atoms with E-state index in [2.05, 4.69) is 25.6 Å². The summed E-state index contributed by atoms with van der Waals surface area (Å²) in [5, 5.41) is 34.4. The molecule has 0 fully saturated rings. The highest BCUT2D eigenvalue weighted by molar-refractivity contribution is 5.93. The molecule has 0 atom stereocenters. The lowest BCUT2D eigenvalue weighted by Gasteiger charge is -2.15. The van der Waals surface area contributed by atoms with E-state index in [1.807, 2.05) is 0 Å². The topological polar surface area (TPSA) is 165 Å². The van der Waals surface area contributed by atoms with Crippen molar-refractivity contribution < 1.29 is 24.1 Å². The normalized spacial score (nSPS) is 10.9. The van der Waals surface area contributed by atoms with E-state index in [-0.39, 0.29) is 28.7 Å².